The Hall–Kier alpha value is -3.74. The molecule has 3 rings (SSSR count). The van der Waals surface area contributed by atoms with Crippen molar-refractivity contribution in [2.24, 2.45) is 21.1 Å². The van der Waals surface area contributed by atoms with E-state index in [-0.39, 0.29) is 39.9 Å². The molecule has 0 saturated heterocycles. The molecule has 0 fully saturated rings. The van der Waals surface area contributed by atoms with Crippen molar-refractivity contribution in [3.63, 3.8) is 0 Å². The summed E-state index contributed by atoms with van der Waals surface area (Å²) in [7, 11) is 7.18. The lowest BCUT2D eigenvalue weighted by molar-refractivity contribution is 0.401. The maximum Gasteiger partial charge on any atom is 0.347 e. The largest absolute Gasteiger partial charge is 0.491 e. The van der Waals surface area contributed by atoms with Gasteiger partial charge in [-0.3, -0.25) is 19.0 Å². The van der Waals surface area contributed by atoms with E-state index < -0.39 is 16.8 Å². The molecule has 0 bridgehead atoms. The van der Waals surface area contributed by atoms with Gasteiger partial charge in [-0.05, 0) is 6.42 Å². The summed E-state index contributed by atoms with van der Waals surface area (Å²) in [5.41, 5.74) is -1.75. The molecule has 0 aliphatic carbocycles. The second-order valence-electron chi connectivity index (χ2n) is 7.04. The van der Waals surface area contributed by atoms with Crippen LogP contribution in [0.2, 0.25) is 5.02 Å². The van der Waals surface area contributed by atoms with Gasteiger partial charge in [0.25, 0.3) is 5.56 Å². The number of nitrogens with zero attached hydrogens (tertiary/aromatic N) is 7. The van der Waals surface area contributed by atoms with Gasteiger partial charge in [0.05, 0.1) is 32.2 Å². The molecule has 13 nitrogen and oxygen atoms in total. The molecular formula is C20H26ClN7O6. The number of ether oxygens (including phenoxy) is 2. The predicted molar refractivity (Wildman–Crippen MR) is 125 cm³/mol. The Labute approximate surface area is 198 Å². The summed E-state index contributed by atoms with van der Waals surface area (Å²) in [6, 6.07) is 0. The molecule has 0 aliphatic rings. The van der Waals surface area contributed by atoms with Crippen LogP contribution in [0, 0.1) is 0 Å². The maximum atomic E-state index is 12.6. The first-order valence-electron chi connectivity index (χ1n) is 10.1. The molecule has 14 heteroatoms. The third-order valence-corrected chi connectivity index (χ3v) is 5.02. The summed E-state index contributed by atoms with van der Waals surface area (Å²) < 4.78 is 14.3. The third-order valence-electron chi connectivity index (χ3n) is 4.75. The number of halogens is 1. The smallest absolute Gasteiger partial charge is 0.347 e. The zero-order valence-electron chi connectivity index (χ0n) is 19.7. The molecule has 3 aromatic heterocycles. The second-order valence-corrected chi connectivity index (χ2v) is 7.45. The molecule has 0 atom stereocenters. The number of methoxy groups -OCH3 is 2. The van der Waals surface area contributed by atoms with E-state index in [2.05, 4.69) is 15.3 Å². The molecule has 0 amide bonds. The van der Waals surface area contributed by atoms with Gasteiger partial charge in [-0.2, -0.15) is 15.3 Å². The normalized spacial score (nSPS) is 10.4. The molecule has 0 aliphatic heterocycles. The topological polar surface area (TPSA) is 145 Å². The van der Waals surface area contributed by atoms with E-state index >= 15 is 0 Å². The number of hydrogen-bond acceptors (Lipinski definition) is 9. The fourth-order valence-electron chi connectivity index (χ4n) is 2.87. The van der Waals surface area contributed by atoms with E-state index in [1.54, 1.807) is 0 Å². The Morgan fingerprint density at radius 3 is 1.94 bits per heavy atom. The molecule has 3 heterocycles. The molecule has 34 heavy (non-hydrogen) atoms. The van der Waals surface area contributed by atoms with Crippen molar-refractivity contribution >= 4 is 11.6 Å². The zero-order chi connectivity index (χ0) is 25.6. The average Bonchev–Trinajstić information content (AvgIpc) is 2.81. The van der Waals surface area contributed by atoms with Crippen molar-refractivity contribution in [2.45, 2.75) is 26.3 Å². The van der Waals surface area contributed by atoms with Crippen LogP contribution in [0.25, 0.3) is 11.3 Å². The highest BCUT2D eigenvalue weighted by Gasteiger charge is 2.20. The van der Waals surface area contributed by atoms with Crippen LogP contribution in [-0.4, -0.2) is 48.1 Å². The lowest BCUT2D eigenvalue weighted by Crippen LogP contribution is -2.41. The van der Waals surface area contributed by atoms with Gasteiger partial charge in [-0.15, -0.1) is 0 Å². The van der Waals surface area contributed by atoms with Crippen molar-refractivity contribution in [1.29, 1.82) is 0 Å². The molecule has 0 aromatic carbocycles. The standard InChI is InChI=1S/C14H19N5O4.C6H7ClN2O2/c1-5-6-7-19-12(20)10(16-18(3)14(19)22)9-8-15-17(2)13(21)11(9)23-4;1-9-6(10)5(11-2)4(7)3-8-9/h8H,5-7H2,1-4H3;3H,1-2H3. The van der Waals surface area contributed by atoms with Crippen molar-refractivity contribution in [1.82, 2.24) is 33.9 Å². The van der Waals surface area contributed by atoms with Gasteiger partial charge in [0.1, 0.15) is 5.02 Å². The molecule has 0 unspecified atom stereocenters. The van der Waals surface area contributed by atoms with Crippen LogP contribution in [-0.2, 0) is 27.7 Å². The predicted octanol–water partition coefficient (Wildman–Crippen LogP) is -0.0463. The summed E-state index contributed by atoms with van der Waals surface area (Å²) in [6.45, 7) is 2.25. The lowest BCUT2D eigenvalue weighted by atomic mass is 10.2. The van der Waals surface area contributed by atoms with E-state index in [4.69, 9.17) is 21.1 Å². The molecule has 0 spiro atoms. The van der Waals surface area contributed by atoms with Crippen molar-refractivity contribution in [3.05, 3.63) is 59.0 Å². The van der Waals surface area contributed by atoms with Gasteiger partial charge >= 0.3 is 16.8 Å². The van der Waals surface area contributed by atoms with Crippen LogP contribution in [0.5, 0.6) is 11.5 Å². The van der Waals surface area contributed by atoms with Gasteiger partial charge in [-0.1, -0.05) is 24.9 Å². The number of hydrogen-bond donors (Lipinski definition) is 0. The van der Waals surface area contributed by atoms with Crippen molar-refractivity contribution < 1.29 is 9.47 Å². The van der Waals surface area contributed by atoms with Crippen LogP contribution in [0.3, 0.4) is 0 Å². The summed E-state index contributed by atoms with van der Waals surface area (Å²) in [5.74, 6) is 0.0944. The summed E-state index contributed by atoms with van der Waals surface area (Å²) in [5, 5.41) is 11.8. The quantitative estimate of drug-likeness (QED) is 0.459. The van der Waals surface area contributed by atoms with Gasteiger partial charge in [-0.25, -0.2) is 18.8 Å². The minimum atomic E-state index is -0.560. The maximum absolute atomic E-state index is 12.6. The molecule has 0 N–H and O–H groups in total. The number of unbranched alkanes of at least 4 members (excludes halogenated alkanes) is 1. The Kier molecular flexibility index (Phi) is 8.90. The third kappa shape index (κ3) is 5.42. The fourth-order valence-corrected chi connectivity index (χ4v) is 3.07. The van der Waals surface area contributed by atoms with Crippen LogP contribution in [0.15, 0.2) is 31.6 Å². The van der Waals surface area contributed by atoms with Gasteiger partial charge in [0.2, 0.25) is 5.75 Å². The zero-order valence-corrected chi connectivity index (χ0v) is 20.5. The highest BCUT2D eigenvalue weighted by Crippen LogP contribution is 2.20. The molecule has 0 radical (unpaired) electrons. The van der Waals surface area contributed by atoms with E-state index in [0.717, 1.165) is 25.0 Å². The minimum absolute atomic E-state index is 0.0345. The summed E-state index contributed by atoms with van der Waals surface area (Å²) >= 11 is 5.60. The Balaban J connectivity index is 0.000000310. The number of aromatic nitrogens is 7. The average molecular weight is 496 g/mol. The molecule has 3 aromatic rings. The Bertz CT molecular complexity index is 1410. The first kappa shape index (κ1) is 26.5. The van der Waals surface area contributed by atoms with Gasteiger partial charge in [0.15, 0.2) is 11.4 Å². The van der Waals surface area contributed by atoms with E-state index in [9.17, 15) is 19.2 Å². The summed E-state index contributed by atoms with van der Waals surface area (Å²) in [6.07, 6.45) is 4.22. The van der Waals surface area contributed by atoms with Crippen LogP contribution in [0.4, 0.5) is 0 Å². The van der Waals surface area contributed by atoms with Gasteiger partial charge < -0.3 is 9.47 Å². The van der Waals surface area contributed by atoms with E-state index in [1.807, 2.05) is 6.92 Å². The van der Waals surface area contributed by atoms with E-state index in [0.29, 0.717) is 6.42 Å². The Morgan fingerprint density at radius 1 is 0.853 bits per heavy atom. The highest BCUT2D eigenvalue weighted by molar-refractivity contribution is 6.31. The first-order valence-corrected chi connectivity index (χ1v) is 10.5. The molecule has 0 saturated carbocycles. The number of rotatable bonds is 6. The van der Waals surface area contributed by atoms with Gasteiger partial charge in [0, 0.05) is 27.7 Å². The highest BCUT2D eigenvalue weighted by atomic mass is 35.5. The van der Waals surface area contributed by atoms with Crippen LogP contribution >= 0.6 is 11.6 Å². The molecule has 184 valence electrons. The monoisotopic (exact) mass is 495 g/mol. The molecular weight excluding hydrogens is 470 g/mol. The SMILES string of the molecule is CCCCn1c(=O)c(-c2cnn(C)c(=O)c2OC)nn(C)c1=O.COc1c(Cl)cnn(C)c1=O. The van der Waals surface area contributed by atoms with Crippen molar-refractivity contribution in [3.8, 4) is 22.8 Å². The second kappa shape index (κ2) is 11.4. The summed E-state index contributed by atoms with van der Waals surface area (Å²) in [4.78, 5) is 47.9. The van der Waals surface area contributed by atoms with Crippen LogP contribution in [0.1, 0.15) is 19.8 Å². The first-order chi connectivity index (χ1) is 16.1. The number of aryl methyl sites for hydroxylation is 3. The fraction of sp³-hybridized carbons (Fsp3) is 0.450. The van der Waals surface area contributed by atoms with E-state index in [1.165, 1.54) is 47.8 Å². The van der Waals surface area contributed by atoms with Crippen LogP contribution < -0.4 is 31.8 Å². The lowest BCUT2D eigenvalue weighted by Gasteiger charge is -2.11. The minimum Gasteiger partial charge on any atom is -0.491 e. The Morgan fingerprint density at radius 2 is 1.41 bits per heavy atom. The van der Waals surface area contributed by atoms with Crippen molar-refractivity contribution in [2.75, 3.05) is 14.2 Å².